The summed E-state index contributed by atoms with van der Waals surface area (Å²) in [5.41, 5.74) is 3.39. The molecule has 2 aromatic heterocycles. The summed E-state index contributed by atoms with van der Waals surface area (Å²) in [6.45, 7) is 5.60. The van der Waals surface area contributed by atoms with Gasteiger partial charge < -0.3 is 0 Å². The van der Waals surface area contributed by atoms with E-state index >= 15 is 0 Å². The molecule has 0 saturated heterocycles. The highest BCUT2D eigenvalue weighted by atomic mass is 16.1. The second-order valence-electron chi connectivity index (χ2n) is 4.74. The lowest BCUT2D eigenvalue weighted by Crippen LogP contribution is -2.05. The highest BCUT2D eigenvalue weighted by Crippen LogP contribution is 2.15. The van der Waals surface area contributed by atoms with Crippen LogP contribution in [0.15, 0.2) is 30.3 Å². The molecule has 2 heterocycles. The number of hydrogen-bond donors (Lipinski definition) is 0. The molecule has 0 aliphatic heterocycles. The fraction of sp³-hybridized carbons (Fsp3) is 0.200. The Kier molecular flexibility index (Phi) is 2.82. The summed E-state index contributed by atoms with van der Waals surface area (Å²) in [4.78, 5) is 21.2. The van der Waals surface area contributed by atoms with Gasteiger partial charge in [0.25, 0.3) is 5.78 Å². The van der Waals surface area contributed by atoms with E-state index in [9.17, 15) is 4.79 Å². The quantitative estimate of drug-likeness (QED) is 0.668. The van der Waals surface area contributed by atoms with Crippen molar-refractivity contribution in [3.8, 4) is 0 Å². The number of fused-ring (bicyclic) bond motifs is 1. The van der Waals surface area contributed by atoms with Gasteiger partial charge in [-0.05, 0) is 20.8 Å². The van der Waals surface area contributed by atoms with Crippen LogP contribution in [-0.4, -0.2) is 25.4 Å². The third-order valence-corrected chi connectivity index (χ3v) is 3.35. The number of aryl methyl sites for hydroxylation is 3. The van der Waals surface area contributed by atoms with Gasteiger partial charge in [-0.15, -0.1) is 0 Å². The van der Waals surface area contributed by atoms with Crippen LogP contribution in [0.25, 0.3) is 5.78 Å². The normalized spacial score (nSPS) is 10.9. The molecule has 0 fully saturated rings. The molecule has 20 heavy (non-hydrogen) atoms. The lowest BCUT2D eigenvalue weighted by atomic mass is 10.1. The Morgan fingerprint density at radius 1 is 1.00 bits per heavy atom. The molecular formula is C15H14N4O. The van der Waals surface area contributed by atoms with E-state index in [2.05, 4.69) is 15.1 Å². The molecule has 5 heteroatoms. The van der Waals surface area contributed by atoms with E-state index in [0.717, 1.165) is 11.4 Å². The third-order valence-electron chi connectivity index (χ3n) is 3.35. The second-order valence-corrected chi connectivity index (χ2v) is 4.74. The predicted molar refractivity (Wildman–Crippen MR) is 74.9 cm³/mol. The van der Waals surface area contributed by atoms with Gasteiger partial charge in [0.05, 0.1) is 17.1 Å². The van der Waals surface area contributed by atoms with Crippen LogP contribution < -0.4 is 0 Å². The average Bonchev–Trinajstić information content (AvgIpc) is 2.77. The first-order chi connectivity index (χ1) is 9.58. The van der Waals surface area contributed by atoms with Crippen LogP contribution >= 0.6 is 0 Å². The van der Waals surface area contributed by atoms with Crippen molar-refractivity contribution in [1.82, 2.24) is 19.6 Å². The summed E-state index contributed by atoms with van der Waals surface area (Å²) in [5, 5.41) is 4.41. The van der Waals surface area contributed by atoms with Gasteiger partial charge >= 0.3 is 0 Å². The van der Waals surface area contributed by atoms with Gasteiger partial charge in [-0.2, -0.15) is 5.10 Å². The largest absolute Gasteiger partial charge is 0.287 e. The van der Waals surface area contributed by atoms with Crippen molar-refractivity contribution < 1.29 is 4.79 Å². The highest BCUT2D eigenvalue weighted by molar-refractivity contribution is 6.08. The van der Waals surface area contributed by atoms with Crippen LogP contribution in [0.3, 0.4) is 0 Å². The minimum absolute atomic E-state index is 0.106. The zero-order chi connectivity index (χ0) is 14.3. The fourth-order valence-electron chi connectivity index (χ4n) is 2.07. The van der Waals surface area contributed by atoms with Gasteiger partial charge in [-0.3, -0.25) is 4.79 Å². The molecule has 0 saturated carbocycles. The topological polar surface area (TPSA) is 60.2 Å². The number of aromatic nitrogens is 4. The number of imidazole rings is 1. The van der Waals surface area contributed by atoms with Gasteiger partial charge in [-0.1, -0.05) is 30.3 Å². The van der Waals surface area contributed by atoms with Crippen LogP contribution in [0.2, 0.25) is 0 Å². The Morgan fingerprint density at radius 3 is 2.40 bits per heavy atom. The lowest BCUT2D eigenvalue weighted by Gasteiger charge is -2.00. The first-order valence-corrected chi connectivity index (χ1v) is 6.38. The summed E-state index contributed by atoms with van der Waals surface area (Å²) in [6, 6.07) is 9.11. The van der Waals surface area contributed by atoms with Gasteiger partial charge in [0.1, 0.15) is 5.69 Å². The molecular weight excluding hydrogens is 252 g/mol. The molecule has 0 spiro atoms. The minimum Gasteiger partial charge on any atom is -0.287 e. The molecule has 1 aromatic carbocycles. The molecule has 0 N–H and O–H groups in total. The van der Waals surface area contributed by atoms with Crippen LogP contribution in [0.1, 0.15) is 33.1 Å². The zero-order valence-electron chi connectivity index (χ0n) is 11.6. The number of benzene rings is 1. The number of ketones is 1. The Labute approximate surface area is 116 Å². The summed E-state index contributed by atoms with van der Waals surface area (Å²) in [6.07, 6.45) is 0. The number of rotatable bonds is 2. The van der Waals surface area contributed by atoms with Crippen molar-refractivity contribution in [1.29, 1.82) is 0 Å². The van der Waals surface area contributed by atoms with Crippen molar-refractivity contribution in [2.24, 2.45) is 0 Å². The van der Waals surface area contributed by atoms with Crippen LogP contribution in [0.4, 0.5) is 0 Å². The summed E-state index contributed by atoms with van der Waals surface area (Å²) in [7, 11) is 0. The maximum Gasteiger partial charge on any atom is 0.251 e. The fourth-order valence-corrected chi connectivity index (χ4v) is 2.07. The maximum atomic E-state index is 12.5. The summed E-state index contributed by atoms with van der Waals surface area (Å²) in [5.74, 6) is 0.357. The minimum atomic E-state index is -0.106. The van der Waals surface area contributed by atoms with Crippen molar-refractivity contribution >= 4 is 11.6 Å². The number of carbonyl (C=O) groups excluding carboxylic acids is 1. The lowest BCUT2D eigenvalue weighted by molar-refractivity contribution is 0.103. The van der Waals surface area contributed by atoms with Crippen molar-refractivity contribution in [3.63, 3.8) is 0 Å². The molecule has 0 amide bonds. The molecule has 0 aliphatic rings. The Morgan fingerprint density at radius 2 is 1.70 bits per heavy atom. The van der Waals surface area contributed by atoms with Crippen molar-refractivity contribution in [3.05, 3.63) is 58.7 Å². The van der Waals surface area contributed by atoms with Crippen LogP contribution in [0.5, 0.6) is 0 Å². The molecule has 100 valence electrons. The summed E-state index contributed by atoms with van der Waals surface area (Å²) < 4.78 is 1.62. The molecule has 0 bridgehead atoms. The first kappa shape index (κ1) is 12.5. The third kappa shape index (κ3) is 1.87. The predicted octanol–water partition coefficient (Wildman–Crippen LogP) is 2.28. The van der Waals surface area contributed by atoms with Gasteiger partial charge in [0.2, 0.25) is 5.78 Å². The standard InChI is InChI=1S/C15H14N4O/c1-9-10(2)18-19-11(3)13(17-15(19)16-9)14(20)12-7-5-4-6-8-12/h4-8H,1-3H3. The molecule has 3 rings (SSSR count). The van der Waals surface area contributed by atoms with Crippen molar-refractivity contribution in [2.75, 3.05) is 0 Å². The van der Waals surface area contributed by atoms with Gasteiger partial charge in [0.15, 0.2) is 0 Å². The number of carbonyl (C=O) groups is 1. The van der Waals surface area contributed by atoms with Crippen LogP contribution in [0, 0.1) is 20.8 Å². The van der Waals surface area contributed by atoms with Gasteiger partial charge in [-0.25, -0.2) is 14.5 Å². The maximum absolute atomic E-state index is 12.5. The summed E-state index contributed by atoms with van der Waals surface area (Å²) >= 11 is 0. The van der Waals surface area contributed by atoms with E-state index in [1.807, 2.05) is 39.0 Å². The molecule has 0 aliphatic carbocycles. The first-order valence-electron chi connectivity index (χ1n) is 6.38. The Bertz CT molecular complexity index is 806. The van der Waals surface area contributed by atoms with E-state index in [1.165, 1.54) is 0 Å². The number of nitrogens with zero attached hydrogens (tertiary/aromatic N) is 4. The smallest absolute Gasteiger partial charge is 0.251 e. The van der Waals surface area contributed by atoms with E-state index < -0.39 is 0 Å². The molecule has 0 unspecified atom stereocenters. The monoisotopic (exact) mass is 266 g/mol. The molecule has 0 atom stereocenters. The number of hydrogen-bond acceptors (Lipinski definition) is 4. The molecule has 0 radical (unpaired) electrons. The zero-order valence-corrected chi connectivity index (χ0v) is 11.6. The van der Waals surface area contributed by atoms with E-state index in [0.29, 0.717) is 22.7 Å². The van der Waals surface area contributed by atoms with E-state index in [-0.39, 0.29) is 5.78 Å². The second kappa shape index (κ2) is 4.52. The van der Waals surface area contributed by atoms with E-state index in [1.54, 1.807) is 16.6 Å². The van der Waals surface area contributed by atoms with E-state index in [4.69, 9.17) is 0 Å². The van der Waals surface area contributed by atoms with Crippen LogP contribution in [-0.2, 0) is 0 Å². The Balaban J connectivity index is 2.18. The average molecular weight is 266 g/mol. The molecule has 5 nitrogen and oxygen atoms in total. The SMILES string of the molecule is Cc1nc2nc(C(=O)c3ccccc3)c(C)n2nc1C. The molecule has 3 aromatic rings. The van der Waals surface area contributed by atoms with Gasteiger partial charge in [0, 0.05) is 5.56 Å². The Hall–Kier alpha value is -2.56. The van der Waals surface area contributed by atoms with Crippen molar-refractivity contribution in [2.45, 2.75) is 20.8 Å². The highest BCUT2D eigenvalue weighted by Gasteiger charge is 2.19.